The molecule has 0 aliphatic carbocycles. The van der Waals surface area contributed by atoms with Crippen molar-refractivity contribution in [3.63, 3.8) is 0 Å². The molecule has 21 heavy (non-hydrogen) atoms. The Morgan fingerprint density at radius 2 is 2.33 bits per heavy atom. The molecule has 3 rings (SSSR count). The molecule has 0 aromatic carbocycles. The Balaban J connectivity index is 1.51. The number of ether oxygens (including phenoxy) is 1. The molecule has 5 nitrogen and oxygen atoms in total. The maximum Gasteiger partial charge on any atom is 0.191 e. The maximum absolute atomic E-state index is 5.76. The molecule has 0 saturated carbocycles. The quantitative estimate of drug-likeness (QED) is 0.768. The lowest BCUT2D eigenvalue weighted by Crippen LogP contribution is -2.21. The summed E-state index contributed by atoms with van der Waals surface area (Å²) in [6, 6.07) is 6.01. The van der Waals surface area contributed by atoms with Crippen LogP contribution in [0.25, 0.3) is 0 Å². The van der Waals surface area contributed by atoms with Crippen LogP contribution in [0.1, 0.15) is 25.0 Å². The Kier molecular flexibility index (Phi) is 5.23. The van der Waals surface area contributed by atoms with Crippen LogP contribution >= 0.6 is 11.8 Å². The molecule has 1 atom stereocenters. The SMILES string of the molecule is c1ccc(CCn2cnnc2SC[C@H]2CCCCO2)nc1. The van der Waals surface area contributed by atoms with Gasteiger partial charge in [-0.2, -0.15) is 0 Å². The first-order chi connectivity index (χ1) is 10.4. The molecular formula is C15H20N4OS. The first kappa shape index (κ1) is 14.5. The van der Waals surface area contributed by atoms with Crippen LogP contribution < -0.4 is 0 Å². The van der Waals surface area contributed by atoms with Gasteiger partial charge < -0.3 is 9.30 Å². The number of nitrogens with zero attached hydrogens (tertiary/aromatic N) is 4. The number of thioether (sulfide) groups is 1. The second-order valence-corrected chi connectivity index (χ2v) is 6.16. The summed E-state index contributed by atoms with van der Waals surface area (Å²) in [7, 11) is 0. The van der Waals surface area contributed by atoms with Gasteiger partial charge in [-0.05, 0) is 31.4 Å². The van der Waals surface area contributed by atoms with E-state index in [4.69, 9.17) is 4.74 Å². The summed E-state index contributed by atoms with van der Waals surface area (Å²) < 4.78 is 7.86. The van der Waals surface area contributed by atoms with Gasteiger partial charge in [0.1, 0.15) is 6.33 Å². The van der Waals surface area contributed by atoms with E-state index >= 15 is 0 Å². The van der Waals surface area contributed by atoms with Gasteiger partial charge >= 0.3 is 0 Å². The average Bonchev–Trinajstić information content (AvgIpc) is 3.00. The highest BCUT2D eigenvalue weighted by molar-refractivity contribution is 7.99. The summed E-state index contributed by atoms with van der Waals surface area (Å²) in [5.74, 6) is 0.961. The third kappa shape index (κ3) is 4.28. The predicted octanol–water partition coefficient (Wildman–Crippen LogP) is 2.58. The van der Waals surface area contributed by atoms with Gasteiger partial charge in [0.2, 0.25) is 0 Å². The summed E-state index contributed by atoms with van der Waals surface area (Å²) in [5, 5.41) is 9.21. The van der Waals surface area contributed by atoms with Gasteiger partial charge in [-0.3, -0.25) is 4.98 Å². The third-order valence-electron chi connectivity index (χ3n) is 3.59. The molecule has 2 aromatic rings. The summed E-state index contributed by atoms with van der Waals surface area (Å²) in [6.45, 7) is 1.76. The molecular weight excluding hydrogens is 284 g/mol. The van der Waals surface area contributed by atoms with Crippen molar-refractivity contribution in [2.75, 3.05) is 12.4 Å². The first-order valence-electron chi connectivity index (χ1n) is 7.44. The average molecular weight is 304 g/mol. The number of rotatable bonds is 6. The lowest BCUT2D eigenvalue weighted by molar-refractivity contribution is 0.0315. The van der Waals surface area contributed by atoms with Crippen LogP contribution in [-0.4, -0.2) is 38.2 Å². The summed E-state index contributed by atoms with van der Waals surface area (Å²) in [5.41, 5.74) is 1.10. The fourth-order valence-electron chi connectivity index (χ4n) is 2.40. The molecule has 1 aliphatic rings. The van der Waals surface area contributed by atoms with E-state index in [9.17, 15) is 0 Å². The molecule has 1 saturated heterocycles. The molecule has 2 aromatic heterocycles. The van der Waals surface area contributed by atoms with Crippen LogP contribution in [0.4, 0.5) is 0 Å². The van der Waals surface area contributed by atoms with E-state index in [2.05, 4.69) is 19.7 Å². The van der Waals surface area contributed by atoms with Gasteiger partial charge in [-0.1, -0.05) is 17.8 Å². The fraction of sp³-hybridized carbons (Fsp3) is 0.533. The Hall–Kier alpha value is -1.40. The minimum atomic E-state index is 0.365. The maximum atomic E-state index is 5.76. The minimum Gasteiger partial charge on any atom is -0.377 e. The van der Waals surface area contributed by atoms with Crippen LogP contribution in [-0.2, 0) is 17.7 Å². The van der Waals surface area contributed by atoms with Crippen LogP contribution in [0.15, 0.2) is 35.9 Å². The number of pyridine rings is 1. The van der Waals surface area contributed by atoms with E-state index in [0.29, 0.717) is 6.10 Å². The first-order valence-corrected chi connectivity index (χ1v) is 8.42. The topological polar surface area (TPSA) is 52.8 Å². The van der Waals surface area contributed by atoms with E-state index < -0.39 is 0 Å². The lowest BCUT2D eigenvalue weighted by atomic mass is 10.1. The van der Waals surface area contributed by atoms with E-state index in [1.54, 1.807) is 18.1 Å². The summed E-state index contributed by atoms with van der Waals surface area (Å²) in [4.78, 5) is 4.35. The zero-order chi connectivity index (χ0) is 14.3. The van der Waals surface area contributed by atoms with E-state index in [-0.39, 0.29) is 0 Å². The Bertz CT molecular complexity index is 540. The van der Waals surface area contributed by atoms with Crippen LogP contribution in [0, 0.1) is 0 Å². The Morgan fingerprint density at radius 1 is 1.33 bits per heavy atom. The largest absolute Gasteiger partial charge is 0.377 e. The van der Waals surface area contributed by atoms with Crippen molar-refractivity contribution in [2.24, 2.45) is 0 Å². The number of hydrogen-bond donors (Lipinski definition) is 0. The summed E-state index contributed by atoms with van der Waals surface area (Å²) >= 11 is 1.74. The zero-order valence-electron chi connectivity index (χ0n) is 12.0. The molecule has 1 fully saturated rings. The molecule has 0 unspecified atom stereocenters. The smallest absolute Gasteiger partial charge is 0.191 e. The Morgan fingerprint density at radius 3 is 3.14 bits per heavy atom. The molecule has 0 N–H and O–H groups in total. The lowest BCUT2D eigenvalue weighted by Gasteiger charge is -2.21. The molecule has 6 heteroatoms. The minimum absolute atomic E-state index is 0.365. The molecule has 112 valence electrons. The second kappa shape index (κ2) is 7.56. The van der Waals surface area contributed by atoms with Crippen LogP contribution in [0.2, 0.25) is 0 Å². The monoisotopic (exact) mass is 304 g/mol. The number of aryl methyl sites for hydroxylation is 2. The van der Waals surface area contributed by atoms with Gasteiger partial charge in [-0.25, -0.2) is 0 Å². The van der Waals surface area contributed by atoms with Gasteiger partial charge in [0.25, 0.3) is 0 Å². The van der Waals surface area contributed by atoms with Gasteiger partial charge in [0.05, 0.1) is 6.10 Å². The molecule has 3 heterocycles. The molecule has 0 amide bonds. The zero-order valence-corrected chi connectivity index (χ0v) is 12.8. The van der Waals surface area contributed by atoms with E-state index in [1.165, 1.54) is 12.8 Å². The van der Waals surface area contributed by atoms with Crippen molar-refractivity contribution in [2.45, 2.75) is 43.5 Å². The summed E-state index contributed by atoms with van der Waals surface area (Å²) in [6.07, 6.45) is 8.52. The molecule has 0 radical (unpaired) electrons. The van der Waals surface area contributed by atoms with Crippen molar-refractivity contribution in [3.05, 3.63) is 36.4 Å². The van der Waals surface area contributed by atoms with Gasteiger partial charge in [-0.15, -0.1) is 10.2 Å². The highest BCUT2D eigenvalue weighted by Crippen LogP contribution is 2.22. The molecule has 0 spiro atoms. The van der Waals surface area contributed by atoms with Gasteiger partial charge in [0.15, 0.2) is 5.16 Å². The van der Waals surface area contributed by atoms with Gasteiger partial charge in [0, 0.05) is 37.2 Å². The standard InChI is InChI=1S/C15H20N4OS/c1-3-8-16-13(5-1)7-9-19-12-17-18-15(19)21-11-14-6-2-4-10-20-14/h1,3,5,8,12,14H,2,4,6-7,9-11H2/t14-/m1/s1. The highest BCUT2D eigenvalue weighted by Gasteiger charge is 2.15. The van der Waals surface area contributed by atoms with Crippen molar-refractivity contribution < 1.29 is 4.74 Å². The fourth-order valence-corrected chi connectivity index (χ4v) is 3.40. The van der Waals surface area contributed by atoms with Crippen molar-refractivity contribution in [1.29, 1.82) is 0 Å². The second-order valence-electron chi connectivity index (χ2n) is 5.18. The van der Waals surface area contributed by atoms with Crippen LogP contribution in [0.5, 0.6) is 0 Å². The molecule has 1 aliphatic heterocycles. The van der Waals surface area contributed by atoms with Crippen molar-refractivity contribution in [1.82, 2.24) is 19.7 Å². The van der Waals surface area contributed by atoms with E-state index in [1.807, 2.05) is 24.4 Å². The van der Waals surface area contributed by atoms with E-state index in [0.717, 1.165) is 42.6 Å². The number of hydrogen-bond acceptors (Lipinski definition) is 5. The third-order valence-corrected chi connectivity index (χ3v) is 4.70. The highest BCUT2D eigenvalue weighted by atomic mass is 32.2. The van der Waals surface area contributed by atoms with Crippen LogP contribution in [0.3, 0.4) is 0 Å². The predicted molar refractivity (Wildman–Crippen MR) is 82.3 cm³/mol. The Labute approximate surface area is 129 Å². The van der Waals surface area contributed by atoms with Crippen molar-refractivity contribution in [3.8, 4) is 0 Å². The molecule has 0 bridgehead atoms. The normalized spacial score (nSPS) is 18.8. The van der Waals surface area contributed by atoms with Crippen molar-refractivity contribution >= 4 is 11.8 Å². The number of aromatic nitrogens is 4.